The van der Waals surface area contributed by atoms with Crippen LogP contribution in [0.1, 0.15) is 63.4 Å². The van der Waals surface area contributed by atoms with Gasteiger partial charge in [0.25, 0.3) is 0 Å². The van der Waals surface area contributed by atoms with Crippen molar-refractivity contribution in [2.75, 3.05) is 0 Å². The van der Waals surface area contributed by atoms with Crippen molar-refractivity contribution >= 4 is 0 Å². The number of rotatable bonds is 3. The van der Waals surface area contributed by atoms with Crippen molar-refractivity contribution < 1.29 is 22.0 Å². The Labute approximate surface area is 139 Å². The van der Waals surface area contributed by atoms with E-state index in [1.54, 1.807) is 0 Å². The lowest BCUT2D eigenvalue weighted by atomic mass is 9.86. The molecule has 5 atom stereocenters. The molecule has 0 N–H and O–H groups in total. The highest BCUT2D eigenvalue weighted by atomic mass is 19.2. The molecule has 0 bridgehead atoms. The van der Waals surface area contributed by atoms with Crippen LogP contribution in [-0.2, 0) is 0 Å². The van der Waals surface area contributed by atoms with Crippen LogP contribution in [0.4, 0.5) is 22.0 Å². The summed E-state index contributed by atoms with van der Waals surface area (Å²) in [5.74, 6) is -4.66. The first-order valence-corrected chi connectivity index (χ1v) is 8.82. The van der Waals surface area contributed by atoms with E-state index in [0.29, 0.717) is 19.3 Å². The zero-order valence-corrected chi connectivity index (χ0v) is 13.8. The van der Waals surface area contributed by atoms with Crippen LogP contribution in [0.2, 0.25) is 0 Å². The number of fused-ring (bicyclic) bond motifs is 1. The zero-order chi connectivity index (χ0) is 17.5. The van der Waals surface area contributed by atoms with Gasteiger partial charge in [0.05, 0.1) is 0 Å². The molecule has 5 heteroatoms. The topological polar surface area (TPSA) is 0 Å². The number of hydrogen-bond acceptors (Lipinski definition) is 0. The van der Waals surface area contributed by atoms with Crippen molar-refractivity contribution in [3.63, 3.8) is 0 Å². The standard InChI is InChI=1S/C19H23F5/c1-2-3-11-6-14-5-4-12(9-17(22)19(14,24)10-11)13-7-15(20)18(23)16(21)8-13/h7-8,11-12,14,17H,2-6,9-10H2,1H3. The first kappa shape index (κ1) is 17.7. The van der Waals surface area contributed by atoms with E-state index < -0.39 is 35.2 Å². The fourth-order valence-electron chi connectivity index (χ4n) is 4.74. The Hall–Kier alpha value is -1.13. The van der Waals surface area contributed by atoms with Gasteiger partial charge in [-0.15, -0.1) is 0 Å². The van der Waals surface area contributed by atoms with E-state index in [9.17, 15) is 17.6 Å². The van der Waals surface area contributed by atoms with Gasteiger partial charge in [-0.1, -0.05) is 19.8 Å². The molecule has 0 spiro atoms. The van der Waals surface area contributed by atoms with Crippen LogP contribution in [-0.4, -0.2) is 11.8 Å². The molecule has 2 fully saturated rings. The van der Waals surface area contributed by atoms with Gasteiger partial charge in [0.1, 0.15) is 11.8 Å². The van der Waals surface area contributed by atoms with E-state index in [2.05, 4.69) is 0 Å². The number of alkyl halides is 2. The highest BCUT2D eigenvalue weighted by Gasteiger charge is 2.54. The summed E-state index contributed by atoms with van der Waals surface area (Å²) in [6.07, 6.45) is 2.02. The maximum atomic E-state index is 15.3. The predicted molar refractivity (Wildman–Crippen MR) is 82.8 cm³/mol. The molecule has 0 saturated heterocycles. The second kappa shape index (κ2) is 6.64. The minimum Gasteiger partial charge on any atom is -0.244 e. The molecule has 24 heavy (non-hydrogen) atoms. The molecule has 0 heterocycles. The fourth-order valence-corrected chi connectivity index (χ4v) is 4.74. The Bertz CT molecular complexity index is 578. The zero-order valence-electron chi connectivity index (χ0n) is 13.8. The van der Waals surface area contributed by atoms with E-state index in [0.717, 1.165) is 25.0 Å². The minimum atomic E-state index is -1.83. The molecule has 2 aliphatic rings. The highest BCUT2D eigenvalue weighted by molar-refractivity contribution is 5.24. The third-order valence-electron chi connectivity index (χ3n) is 5.95. The molecule has 0 radical (unpaired) electrons. The van der Waals surface area contributed by atoms with Crippen LogP contribution >= 0.6 is 0 Å². The van der Waals surface area contributed by atoms with Gasteiger partial charge in [-0.2, -0.15) is 0 Å². The Morgan fingerprint density at radius 3 is 2.38 bits per heavy atom. The average molecular weight is 346 g/mol. The normalized spacial score (nSPS) is 36.4. The van der Waals surface area contributed by atoms with Crippen LogP contribution < -0.4 is 0 Å². The molecule has 1 aromatic rings. The molecule has 0 nitrogen and oxygen atoms in total. The molecule has 0 aromatic heterocycles. The summed E-state index contributed by atoms with van der Waals surface area (Å²) in [6, 6.07) is 1.84. The Kier molecular flexibility index (Phi) is 4.89. The van der Waals surface area contributed by atoms with Crippen molar-refractivity contribution in [3.05, 3.63) is 35.1 Å². The second-order valence-corrected chi connectivity index (χ2v) is 7.49. The molecule has 0 amide bonds. The molecule has 3 rings (SSSR count). The first-order chi connectivity index (χ1) is 11.3. The second-order valence-electron chi connectivity index (χ2n) is 7.49. The van der Waals surface area contributed by atoms with Crippen molar-refractivity contribution in [3.8, 4) is 0 Å². The molecule has 134 valence electrons. The largest absolute Gasteiger partial charge is 0.244 e. The molecule has 2 aliphatic carbocycles. The smallest absolute Gasteiger partial charge is 0.194 e. The number of hydrogen-bond donors (Lipinski definition) is 0. The fraction of sp³-hybridized carbons (Fsp3) is 0.684. The van der Waals surface area contributed by atoms with Crippen LogP contribution in [0.3, 0.4) is 0 Å². The van der Waals surface area contributed by atoms with Crippen LogP contribution in [0.15, 0.2) is 12.1 Å². The van der Waals surface area contributed by atoms with Gasteiger partial charge < -0.3 is 0 Å². The van der Waals surface area contributed by atoms with Gasteiger partial charge in [0, 0.05) is 0 Å². The van der Waals surface area contributed by atoms with E-state index in [4.69, 9.17) is 0 Å². The molecule has 0 aliphatic heterocycles. The summed E-state index contributed by atoms with van der Waals surface area (Å²) in [5, 5.41) is 0. The quantitative estimate of drug-likeness (QED) is 0.449. The lowest BCUT2D eigenvalue weighted by Gasteiger charge is -2.28. The third kappa shape index (κ3) is 3.06. The van der Waals surface area contributed by atoms with E-state index in [1.807, 2.05) is 6.92 Å². The average Bonchev–Trinajstić information content (AvgIpc) is 2.80. The van der Waals surface area contributed by atoms with Crippen molar-refractivity contribution in [1.29, 1.82) is 0 Å². The van der Waals surface area contributed by atoms with Gasteiger partial charge in [0.15, 0.2) is 17.5 Å². The Morgan fingerprint density at radius 1 is 1.08 bits per heavy atom. The van der Waals surface area contributed by atoms with Crippen LogP contribution in [0, 0.1) is 29.3 Å². The summed E-state index contributed by atoms with van der Waals surface area (Å²) in [5.41, 5.74) is -1.60. The van der Waals surface area contributed by atoms with E-state index >= 15 is 4.39 Å². The first-order valence-electron chi connectivity index (χ1n) is 8.82. The van der Waals surface area contributed by atoms with Crippen LogP contribution in [0.25, 0.3) is 0 Å². The molecular weight excluding hydrogens is 323 g/mol. The van der Waals surface area contributed by atoms with Gasteiger partial charge in [-0.25, -0.2) is 22.0 Å². The molecule has 5 unspecified atom stereocenters. The summed E-state index contributed by atoms with van der Waals surface area (Å²) >= 11 is 0. The molecular formula is C19H23F5. The summed E-state index contributed by atoms with van der Waals surface area (Å²) in [4.78, 5) is 0. The SMILES string of the molecule is CCCC1CC2CCC(c3cc(F)c(F)c(F)c3)CC(F)C2(F)C1. The van der Waals surface area contributed by atoms with Crippen molar-refractivity contribution in [1.82, 2.24) is 0 Å². The van der Waals surface area contributed by atoms with Crippen molar-refractivity contribution in [2.45, 2.75) is 69.6 Å². The monoisotopic (exact) mass is 346 g/mol. The van der Waals surface area contributed by atoms with Crippen molar-refractivity contribution in [2.24, 2.45) is 11.8 Å². The number of halogens is 5. The van der Waals surface area contributed by atoms with E-state index in [-0.39, 0.29) is 30.2 Å². The van der Waals surface area contributed by atoms with Crippen LogP contribution in [0.5, 0.6) is 0 Å². The van der Waals surface area contributed by atoms with Gasteiger partial charge in [0.2, 0.25) is 0 Å². The molecule has 1 aromatic carbocycles. The summed E-state index contributed by atoms with van der Waals surface area (Å²) in [7, 11) is 0. The lowest BCUT2D eigenvalue weighted by Crippen LogP contribution is -2.37. The lowest BCUT2D eigenvalue weighted by molar-refractivity contribution is 0.0136. The molecule has 2 saturated carbocycles. The maximum absolute atomic E-state index is 15.3. The minimum absolute atomic E-state index is 0.101. The maximum Gasteiger partial charge on any atom is 0.194 e. The Balaban J connectivity index is 1.81. The highest BCUT2D eigenvalue weighted by Crippen LogP contribution is 2.54. The van der Waals surface area contributed by atoms with Gasteiger partial charge in [-0.05, 0) is 67.6 Å². The van der Waals surface area contributed by atoms with Gasteiger partial charge >= 0.3 is 0 Å². The third-order valence-corrected chi connectivity index (χ3v) is 5.95. The predicted octanol–water partition coefficient (Wildman–Crippen LogP) is 6.24. The summed E-state index contributed by atoms with van der Waals surface area (Å²) < 4.78 is 70.1. The van der Waals surface area contributed by atoms with Gasteiger partial charge in [-0.3, -0.25) is 0 Å². The van der Waals surface area contributed by atoms with E-state index in [1.165, 1.54) is 0 Å². The summed E-state index contributed by atoms with van der Waals surface area (Å²) in [6.45, 7) is 2.04. The number of benzene rings is 1. The Morgan fingerprint density at radius 2 is 1.75 bits per heavy atom.